The van der Waals surface area contributed by atoms with E-state index in [0.29, 0.717) is 17.0 Å². The lowest BCUT2D eigenvalue weighted by atomic mass is 9.77. The molecule has 4 fully saturated rings. The Balaban J connectivity index is 1.19. The molecule has 2 saturated heterocycles. The van der Waals surface area contributed by atoms with Crippen LogP contribution in [-0.2, 0) is 10.2 Å². The third-order valence-electron chi connectivity index (χ3n) is 9.31. The normalized spacial score (nSPS) is 33.4. The van der Waals surface area contributed by atoms with E-state index in [4.69, 9.17) is 15.5 Å². The van der Waals surface area contributed by atoms with Gasteiger partial charge in [0.2, 0.25) is 0 Å². The van der Waals surface area contributed by atoms with Gasteiger partial charge in [0, 0.05) is 55.4 Å². The van der Waals surface area contributed by atoms with Crippen molar-refractivity contribution in [3.63, 3.8) is 0 Å². The number of carbonyl (C=O) groups is 1. The summed E-state index contributed by atoms with van der Waals surface area (Å²) in [5.41, 5.74) is 10.2. The molecule has 0 bridgehead atoms. The second kappa shape index (κ2) is 8.68. The van der Waals surface area contributed by atoms with Crippen molar-refractivity contribution in [1.82, 2.24) is 9.88 Å². The van der Waals surface area contributed by atoms with E-state index in [2.05, 4.69) is 29.2 Å². The van der Waals surface area contributed by atoms with Crippen LogP contribution in [0.25, 0.3) is 11.1 Å². The Morgan fingerprint density at radius 3 is 2.51 bits per heavy atom. The van der Waals surface area contributed by atoms with Gasteiger partial charge in [-0.25, -0.2) is 0 Å². The van der Waals surface area contributed by atoms with Crippen LogP contribution in [0.4, 0.5) is 0 Å². The van der Waals surface area contributed by atoms with Gasteiger partial charge in [0.05, 0.1) is 16.9 Å². The number of ether oxygens (including phenoxy) is 1. The summed E-state index contributed by atoms with van der Waals surface area (Å²) >= 11 is 0. The fourth-order valence-electron chi connectivity index (χ4n) is 6.96. The Kier molecular flexibility index (Phi) is 5.74. The van der Waals surface area contributed by atoms with Crippen LogP contribution in [0.15, 0.2) is 36.5 Å². The Labute approximate surface area is 207 Å². The number of rotatable bonds is 5. The average molecular weight is 476 g/mol. The topological polar surface area (TPSA) is 88.7 Å². The first-order valence-electron chi connectivity index (χ1n) is 13.3. The molecule has 35 heavy (non-hydrogen) atoms. The van der Waals surface area contributed by atoms with Crippen molar-refractivity contribution >= 4 is 5.91 Å². The number of aliphatic hydroxyl groups is 1. The number of aromatic nitrogens is 1. The molecule has 3 N–H and O–H groups in total. The lowest BCUT2D eigenvalue weighted by Gasteiger charge is -2.33. The molecule has 6 heteroatoms. The van der Waals surface area contributed by atoms with Crippen molar-refractivity contribution < 1.29 is 14.6 Å². The minimum absolute atomic E-state index is 0.168. The summed E-state index contributed by atoms with van der Waals surface area (Å²) in [7, 11) is 0. The van der Waals surface area contributed by atoms with Gasteiger partial charge in [-0.2, -0.15) is 0 Å². The van der Waals surface area contributed by atoms with Crippen LogP contribution in [0.2, 0.25) is 0 Å². The first-order chi connectivity index (χ1) is 16.8. The number of primary amides is 1. The Morgan fingerprint density at radius 1 is 1.11 bits per heavy atom. The molecule has 1 aromatic carbocycles. The third kappa shape index (κ3) is 4.30. The van der Waals surface area contributed by atoms with E-state index in [9.17, 15) is 9.90 Å². The smallest absolute Gasteiger partial charge is 0.250 e. The van der Waals surface area contributed by atoms with Gasteiger partial charge in [-0.3, -0.25) is 14.7 Å². The average Bonchev–Trinajstić information content (AvgIpc) is 3.44. The zero-order valence-electron chi connectivity index (χ0n) is 20.7. The molecule has 0 spiro atoms. The van der Waals surface area contributed by atoms with Crippen molar-refractivity contribution in [3.8, 4) is 11.1 Å². The number of piperidine rings is 1. The lowest BCUT2D eigenvalue weighted by Crippen LogP contribution is -2.40. The molecule has 186 valence electrons. The summed E-state index contributed by atoms with van der Waals surface area (Å²) in [6.45, 7) is 6.06. The Hall–Kier alpha value is -2.28. The van der Waals surface area contributed by atoms with Crippen LogP contribution in [0, 0.1) is 5.92 Å². The number of benzene rings is 1. The maximum Gasteiger partial charge on any atom is 0.250 e. The van der Waals surface area contributed by atoms with Gasteiger partial charge < -0.3 is 15.6 Å². The summed E-state index contributed by atoms with van der Waals surface area (Å²) in [6.07, 6.45) is 8.57. The highest BCUT2D eigenvalue weighted by Gasteiger charge is 2.61. The minimum atomic E-state index is -0.619. The summed E-state index contributed by atoms with van der Waals surface area (Å²) in [4.78, 5) is 19.8. The van der Waals surface area contributed by atoms with Gasteiger partial charge in [0.25, 0.3) is 5.91 Å². The van der Waals surface area contributed by atoms with Crippen LogP contribution in [0.5, 0.6) is 0 Å². The van der Waals surface area contributed by atoms with Crippen molar-refractivity contribution in [2.24, 2.45) is 11.7 Å². The minimum Gasteiger partial charge on any atom is -0.390 e. The number of nitrogens with two attached hydrogens (primary N) is 1. The quantitative estimate of drug-likeness (QED) is 0.682. The SMILES string of the molecule is CC1(O)CCC(c2ncc(-c3ccc(C45CC4CN(C4CCOCC4)C5)cc3)cc2C(N)=O)CC1. The summed E-state index contributed by atoms with van der Waals surface area (Å²) in [6, 6.07) is 11.5. The van der Waals surface area contributed by atoms with Gasteiger partial charge in [-0.1, -0.05) is 24.3 Å². The predicted octanol–water partition coefficient (Wildman–Crippen LogP) is 4.01. The van der Waals surface area contributed by atoms with Crippen molar-refractivity contribution in [2.75, 3.05) is 26.3 Å². The first-order valence-corrected chi connectivity index (χ1v) is 13.3. The Bertz CT molecular complexity index is 1100. The van der Waals surface area contributed by atoms with Gasteiger partial charge in [0.15, 0.2) is 0 Å². The molecule has 2 aliphatic carbocycles. The maximum absolute atomic E-state index is 12.3. The van der Waals surface area contributed by atoms with E-state index < -0.39 is 11.5 Å². The molecule has 0 radical (unpaired) electrons. The molecule has 2 aromatic rings. The molecule has 3 heterocycles. The molecule has 2 aliphatic heterocycles. The fourth-order valence-corrected chi connectivity index (χ4v) is 6.96. The Morgan fingerprint density at radius 2 is 1.83 bits per heavy atom. The molecular weight excluding hydrogens is 438 g/mol. The van der Waals surface area contributed by atoms with Crippen molar-refractivity contribution in [3.05, 3.63) is 53.3 Å². The standard InChI is InChI=1S/C29H37N3O3/c1-28(34)10-6-20(7-11-28)26-25(27(30)33)14-21(16-31-26)19-2-4-22(5-3-19)29-15-23(29)17-32(18-29)24-8-12-35-13-9-24/h2-5,14,16,20,23-24,34H,6-13,15,17-18H2,1H3,(H2,30,33). The highest BCUT2D eigenvalue weighted by Crippen LogP contribution is 2.59. The second-order valence-electron chi connectivity index (χ2n) is 11.7. The van der Waals surface area contributed by atoms with Crippen LogP contribution in [0.3, 0.4) is 0 Å². The lowest BCUT2D eigenvalue weighted by molar-refractivity contribution is 0.0168. The molecule has 4 aliphatic rings. The van der Waals surface area contributed by atoms with Crippen LogP contribution in [0.1, 0.15) is 79.4 Å². The number of hydrogen-bond acceptors (Lipinski definition) is 5. The summed E-state index contributed by atoms with van der Waals surface area (Å²) in [5.74, 6) is 0.512. The molecule has 2 saturated carbocycles. The number of pyridine rings is 1. The van der Waals surface area contributed by atoms with Gasteiger partial charge in [0.1, 0.15) is 0 Å². The number of nitrogens with zero attached hydrogens (tertiary/aromatic N) is 2. The second-order valence-corrected chi connectivity index (χ2v) is 11.7. The molecule has 1 amide bonds. The predicted molar refractivity (Wildman–Crippen MR) is 135 cm³/mol. The highest BCUT2D eigenvalue weighted by molar-refractivity contribution is 5.95. The maximum atomic E-state index is 12.3. The number of likely N-dealkylation sites (tertiary alicyclic amines) is 1. The van der Waals surface area contributed by atoms with E-state index in [-0.39, 0.29) is 5.92 Å². The number of carbonyl (C=O) groups excluding carboxylic acids is 1. The molecule has 6 rings (SSSR count). The van der Waals surface area contributed by atoms with Crippen LogP contribution < -0.4 is 5.73 Å². The molecule has 2 unspecified atom stereocenters. The number of fused-ring (bicyclic) bond motifs is 1. The first kappa shape index (κ1) is 23.1. The summed E-state index contributed by atoms with van der Waals surface area (Å²) in [5, 5.41) is 10.3. The van der Waals surface area contributed by atoms with Crippen LogP contribution in [-0.4, -0.2) is 58.8 Å². The van der Waals surface area contributed by atoms with Crippen molar-refractivity contribution in [1.29, 1.82) is 0 Å². The van der Waals surface area contributed by atoms with Crippen LogP contribution >= 0.6 is 0 Å². The third-order valence-corrected chi connectivity index (χ3v) is 9.31. The monoisotopic (exact) mass is 475 g/mol. The molecule has 2 atom stereocenters. The largest absolute Gasteiger partial charge is 0.390 e. The fraction of sp³-hybridized carbons (Fsp3) is 0.586. The van der Waals surface area contributed by atoms with Gasteiger partial charge in [-0.15, -0.1) is 0 Å². The van der Waals surface area contributed by atoms with Gasteiger partial charge in [-0.05, 0) is 75.0 Å². The molecule has 1 aromatic heterocycles. The number of amides is 1. The van der Waals surface area contributed by atoms with Crippen molar-refractivity contribution in [2.45, 2.75) is 74.8 Å². The summed E-state index contributed by atoms with van der Waals surface area (Å²) < 4.78 is 5.56. The van der Waals surface area contributed by atoms with E-state index in [1.54, 1.807) is 0 Å². The molecule has 6 nitrogen and oxygen atoms in total. The van der Waals surface area contributed by atoms with E-state index >= 15 is 0 Å². The highest BCUT2D eigenvalue weighted by atomic mass is 16.5. The van der Waals surface area contributed by atoms with E-state index in [1.165, 1.54) is 18.5 Å². The zero-order valence-corrected chi connectivity index (χ0v) is 20.7. The number of hydrogen-bond donors (Lipinski definition) is 2. The van der Waals surface area contributed by atoms with E-state index in [1.807, 2.05) is 19.2 Å². The van der Waals surface area contributed by atoms with E-state index in [0.717, 1.165) is 81.0 Å². The zero-order chi connectivity index (χ0) is 24.2. The van der Waals surface area contributed by atoms with Gasteiger partial charge >= 0.3 is 0 Å². The molecular formula is C29H37N3O3.